The third kappa shape index (κ3) is 7.54. The van der Waals surface area contributed by atoms with Crippen LogP contribution in [0.3, 0.4) is 0 Å². The van der Waals surface area contributed by atoms with E-state index in [0.717, 1.165) is 31.5 Å². The van der Waals surface area contributed by atoms with E-state index in [-0.39, 0.29) is 5.54 Å². The Hall–Kier alpha value is -0.770. The van der Waals surface area contributed by atoms with Gasteiger partial charge in [-0.2, -0.15) is 0 Å². The van der Waals surface area contributed by atoms with E-state index in [1.165, 1.54) is 6.42 Å². The molecule has 0 aromatic heterocycles. The highest BCUT2D eigenvalue weighted by Gasteiger charge is 2.19. The van der Waals surface area contributed by atoms with Crippen LogP contribution < -0.4 is 10.6 Å². The van der Waals surface area contributed by atoms with E-state index < -0.39 is 0 Å². The van der Waals surface area contributed by atoms with Gasteiger partial charge in [-0.05, 0) is 47.2 Å². The normalized spacial score (nSPS) is 13.3. The molecule has 2 N–H and O–H groups in total. The number of guanidine groups is 1. The van der Waals surface area contributed by atoms with Gasteiger partial charge in [-0.3, -0.25) is 4.99 Å². The zero-order valence-electron chi connectivity index (χ0n) is 13.3. The molecule has 0 fully saturated rings. The van der Waals surface area contributed by atoms with Gasteiger partial charge in [0.05, 0.1) is 6.54 Å². The van der Waals surface area contributed by atoms with Crippen LogP contribution in [0.15, 0.2) is 4.99 Å². The molecule has 0 aromatic carbocycles. The molecule has 0 aliphatic heterocycles. The van der Waals surface area contributed by atoms with Gasteiger partial charge >= 0.3 is 0 Å². The monoisotopic (exact) mass is 256 g/mol. The molecule has 0 saturated carbocycles. The molecule has 0 heterocycles. The third-order valence-electron chi connectivity index (χ3n) is 3.19. The lowest BCUT2D eigenvalue weighted by Crippen LogP contribution is -2.44. The minimum absolute atomic E-state index is 0.0837. The predicted molar refractivity (Wildman–Crippen MR) is 81.2 cm³/mol. The van der Waals surface area contributed by atoms with Crippen LogP contribution in [-0.2, 0) is 0 Å². The van der Waals surface area contributed by atoms with Crippen molar-refractivity contribution in [1.29, 1.82) is 0 Å². The highest BCUT2D eigenvalue weighted by atomic mass is 15.2. The fraction of sp³-hybridized carbons (Fsp3) is 0.929. The Morgan fingerprint density at radius 2 is 1.83 bits per heavy atom. The molecule has 0 atom stereocenters. The van der Waals surface area contributed by atoms with E-state index in [4.69, 9.17) is 0 Å². The molecule has 18 heavy (non-hydrogen) atoms. The maximum absolute atomic E-state index is 4.66. The second kappa shape index (κ2) is 8.35. The Balaban J connectivity index is 4.31. The molecule has 0 amide bonds. The van der Waals surface area contributed by atoms with Crippen LogP contribution in [0.2, 0.25) is 0 Å². The minimum atomic E-state index is 0.0837. The van der Waals surface area contributed by atoms with Crippen LogP contribution in [0, 0.1) is 5.92 Å². The van der Waals surface area contributed by atoms with Gasteiger partial charge in [-0.1, -0.05) is 13.8 Å². The van der Waals surface area contributed by atoms with E-state index >= 15 is 0 Å². The van der Waals surface area contributed by atoms with Crippen molar-refractivity contribution in [2.45, 2.75) is 46.6 Å². The van der Waals surface area contributed by atoms with Crippen molar-refractivity contribution >= 4 is 5.96 Å². The molecule has 4 nitrogen and oxygen atoms in total. The Kier molecular flexibility index (Phi) is 8.00. The molecular formula is C14H32N4. The van der Waals surface area contributed by atoms with Crippen molar-refractivity contribution in [3.05, 3.63) is 0 Å². The smallest absolute Gasteiger partial charge is 0.191 e. The number of likely N-dealkylation sites (N-methyl/N-ethyl adjacent to an activating group) is 1. The van der Waals surface area contributed by atoms with Crippen LogP contribution in [0.1, 0.15) is 41.0 Å². The standard InChI is InChI=1S/C14H32N4/c1-8-15-13(16-10-9-12(2)3)17-11-14(4,5)18(6)7/h12H,8-11H2,1-7H3,(H2,15,16,17). The molecule has 0 aromatic rings. The van der Waals surface area contributed by atoms with E-state index in [2.05, 4.69) is 69.2 Å². The Bertz CT molecular complexity index is 244. The number of nitrogens with zero attached hydrogens (tertiary/aromatic N) is 2. The predicted octanol–water partition coefficient (Wildman–Crippen LogP) is 1.93. The molecule has 0 bridgehead atoms. The van der Waals surface area contributed by atoms with Crippen molar-refractivity contribution in [3.8, 4) is 0 Å². The van der Waals surface area contributed by atoms with E-state index in [0.29, 0.717) is 0 Å². The van der Waals surface area contributed by atoms with E-state index in [1.54, 1.807) is 0 Å². The molecule has 0 rings (SSSR count). The van der Waals surface area contributed by atoms with Gasteiger partial charge in [-0.15, -0.1) is 0 Å². The first kappa shape index (κ1) is 17.2. The molecule has 108 valence electrons. The summed E-state index contributed by atoms with van der Waals surface area (Å²) in [6.45, 7) is 13.6. The van der Waals surface area contributed by atoms with Crippen molar-refractivity contribution in [2.24, 2.45) is 10.9 Å². The fourth-order valence-electron chi connectivity index (χ4n) is 1.23. The summed E-state index contributed by atoms with van der Waals surface area (Å²) in [5, 5.41) is 6.67. The van der Waals surface area contributed by atoms with Crippen LogP contribution in [0.25, 0.3) is 0 Å². The van der Waals surface area contributed by atoms with Crippen molar-refractivity contribution in [2.75, 3.05) is 33.7 Å². The summed E-state index contributed by atoms with van der Waals surface area (Å²) >= 11 is 0. The molecule has 0 radical (unpaired) electrons. The molecule has 0 aliphatic rings. The highest BCUT2D eigenvalue weighted by molar-refractivity contribution is 5.79. The number of aliphatic imine (C=N–C) groups is 1. The largest absolute Gasteiger partial charge is 0.357 e. The highest BCUT2D eigenvalue weighted by Crippen LogP contribution is 2.09. The topological polar surface area (TPSA) is 39.7 Å². The second-order valence-electron chi connectivity index (χ2n) is 6.01. The van der Waals surface area contributed by atoms with Crippen molar-refractivity contribution in [3.63, 3.8) is 0 Å². The Morgan fingerprint density at radius 3 is 2.28 bits per heavy atom. The first-order valence-corrected chi connectivity index (χ1v) is 6.99. The summed E-state index contributed by atoms with van der Waals surface area (Å²) in [5.74, 6) is 1.65. The maximum Gasteiger partial charge on any atom is 0.191 e. The minimum Gasteiger partial charge on any atom is -0.357 e. The van der Waals surface area contributed by atoms with E-state index in [9.17, 15) is 0 Å². The van der Waals surface area contributed by atoms with Gasteiger partial charge in [0.25, 0.3) is 0 Å². The van der Waals surface area contributed by atoms with Gasteiger partial charge in [0, 0.05) is 18.6 Å². The maximum atomic E-state index is 4.66. The second-order valence-corrected chi connectivity index (χ2v) is 6.01. The fourth-order valence-corrected chi connectivity index (χ4v) is 1.23. The van der Waals surface area contributed by atoms with Crippen molar-refractivity contribution in [1.82, 2.24) is 15.5 Å². The molecule has 4 heteroatoms. The SMILES string of the molecule is CCNC(=NCC(C)(C)N(C)C)NCCC(C)C. The Labute approximate surface area is 113 Å². The zero-order valence-corrected chi connectivity index (χ0v) is 13.3. The lowest BCUT2D eigenvalue weighted by atomic mass is 10.1. The lowest BCUT2D eigenvalue weighted by molar-refractivity contribution is 0.204. The summed E-state index contributed by atoms with van der Waals surface area (Å²) in [6, 6.07) is 0. The summed E-state index contributed by atoms with van der Waals surface area (Å²) < 4.78 is 0. The van der Waals surface area contributed by atoms with Gasteiger partial charge in [0.15, 0.2) is 5.96 Å². The van der Waals surface area contributed by atoms with Crippen LogP contribution in [-0.4, -0.2) is 50.1 Å². The summed E-state index contributed by atoms with van der Waals surface area (Å²) in [5.41, 5.74) is 0.0837. The first-order valence-electron chi connectivity index (χ1n) is 6.99. The first-order chi connectivity index (χ1) is 8.29. The van der Waals surface area contributed by atoms with Crippen LogP contribution in [0.4, 0.5) is 0 Å². The summed E-state index contributed by atoms with van der Waals surface area (Å²) in [6.07, 6.45) is 1.17. The average molecular weight is 256 g/mol. The molecule has 0 spiro atoms. The average Bonchev–Trinajstić information content (AvgIpc) is 2.25. The Morgan fingerprint density at radius 1 is 1.22 bits per heavy atom. The van der Waals surface area contributed by atoms with Gasteiger partial charge in [-0.25, -0.2) is 0 Å². The van der Waals surface area contributed by atoms with Gasteiger partial charge in [0.2, 0.25) is 0 Å². The molecule has 0 unspecified atom stereocenters. The number of nitrogens with one attached hydrogen (secondary N) is 2. The third-order valence-corrected chi connectivity index (χ3v) is 3.19. The quantitative estimate of drug-likeness (QED) is 0.540. The molecular weight excluding hydrogens is 224 g/mol. The lowest BCUT2D eigenvalue weighted by Gasteiger charge is -2.31. The molecule has 0 saturated heterocycles. The number of rotatable bonds is 7. The van der Waals surface area contributed by atoms with Gasteiger partial charge < -0.3 is 15.5 Å². The van der Waals surface area contributed by atoms with Crippen molar-refractivity contribution < 1.29 is 0 Å². The zero-order chi connectivity index (χ0) is 14.2. The van der Waals surface area contributed by atoms with Gasteiger partial charge in [0.1, 0.15) is 0 Å². The van der Waals surface area contributed by atoms with Crippen LogP contribution >= 0.6 is 0 Å². The number of hydrogen-bond acceptors (Lipinski definition) is 2. The van der Waals surface area contributed by atoms with Crippen LogP contribution in [0.5, 0.6) is 0 Å². The number of hydrogen-bond donors (Lipinski definition) is 2. The summed E-state index contributed by atoms with van der Waals surface area (Å²) in [7, 11) is 4.18. The summed E-state index contributed by atoms with van der Waals surface area (Å²) in [4.78, 5) is 6.86. The molecule has 0 aliphatic carbocycles. The van der Waals surface area contributed by atoms with E-state index in [1.807, 2.05) is 0 Å².